The van der Waals surface area contributed by atoms with E-state index >= 15 is 0 Å². The number of hydrogen-bond acceptors (Lipinski definition) is 3. The Morgan fingerprint density at radius 2 is 2.15 bits per heavy atom. The van der Waals surface area contributed by atoms with Crippen molar-refractivity contribution in [3.05, 3.63) is 11.6 Å². The highest BCUT2D eigenvalue weighted by molar-refractivity contribution is 4.95. The van der Waals surface area contributed by atoms with E-state index in [1.165, 1.54) is 0 Å². The first-order chi connectivity index (χ1) is 6.27. The first-order valence-electron chi connectivity index (χ1n) is 4.94. The molecule has 0 saturated heterocycles. The van der Waals surface area contributed by atoms with E-state index < -0.39 is 0 Å². The topological polar surface area (TPSA) is 67.6 Å². The van der Waals surface area contributed by atoms with Gasteiger partial charge < -0.3 is 5.73 Å². The molecule has 0 spiro atoms. The molecule has 74 valence electrons. The average Bonchev–Trinajstić information content (AvgIpc) is 2.54. The van der Waals surface area contributed by atoms with Gasteiger partial charge in [-0.1, -0.05) is 20.3 Å². The van der Waals surface area contributed by atoms with Crippen molar-refractivity contribution in [2.45, 2.75) is 45.6 Å². The van der Waals surface area contributed by atoms with E-state index in [4.69, 9.17) is 5.73 Å². The van der Waals surface area contributed by atoms with Gasteiger partial charge in [0.1, 0.15) is 5.82 Å². The number of hydrogen-bond donors (Lipinski definition) is 2. The number of nitrogens with one attached hydrogen (secondary N) is 1. The molecule has 0 aliphatic heterocycles. The lowest BCUT2D eigenvalue weighted by atomic mass is 10.2. The molecule has 0 unspecified atom stereocenters. The molecule has 13 heavy (non-hydrogen) atoms. The van der Waals surface area contributed by atoms with Crippen molar-refractivity contribution in [1.29, 1.82) is 0 Å². The van der Waals surface area contributed by atoms with Crippen LogP contribution in [0.4, 0.5) is 0 Å². The van der Waals surface area contributed by atoms with Gasteiger partial charge in [-0.3, -0.25) is 5.10 Å². The molecule has 1 aromatic rings. The molecule has 3 N–H and O–H groups in total. The second-order valence-corrected chi connectivity index (χ2v) is 3.29. The van der Waals surface area contributed by atoms with Crippen LogP contribution in [0.3, 0.4) is 0 Å². The molecule has 0 radical (unpaired) electrons. The van der Waals surface area contributed by atoms with Crippen molar-refractivity contribution in [1.82, 2.24) is 15.2 Å². The molecule has 1 heterocycles. The molecule has 4 nitrogen and oxygen atoms in total. The molecule has 0 amide bonds. The molecule has 0 saturated carbocycles. The van der Waals surface area contributed by atoms with Crippen LogP contribution in [-0.4, -0.2) is 15.2 Å². The molecular formula is C9H18N4. The van der Waals surface area contributed by atoms with Crippen LogP contribution in [0.15, 0.2) is 0 Å². The molecule has 0 bridgehead atoms. The van der Waals surface area contributed by atoms with Gasteiger partial charge in [-0.25, -0.2) is 4.98 Å². The highest BCUT2D eigenvalue weighted by Crippen LogP contribution is 2.10. The van der Waals surface area contributed by atoms with E-state index in [1.807, 2.05) is 0 Å². The number of aromatic amines is 1. The SMILES string of the molecule is CCCc1nc([C@@H](N)CCC)n[nH]1. The third kappa shape index (κ3) is 2.81. The number of rotatable bonds is 5. The minimum Gasteiger partial charge on any atom is -0.321 e. The Kier molecular flexibility index (Phi) is 3.89. The highest BCUT2D eigenvalue weighted by atomic mass is 15.2. The Labute approximate surface area is 78.9 Å². The molecule has 0 fully saturated rings. The molecule has 0 aromatic carbocycles. The summed E-state index contributed by atoms with van der Waals surface area (Å²) in [6.45, 7) is 4.23. The van der Waals surface area contributed by atoms with Gasteiger partial charge in [-0.15, -0.1) is 0 Å². The van der Waals surface area contributed by atoms with Crippen molar-refractivity contribution in [2.75, 3.05) is 0 Å². The number of nitrogens with zero attached hydrogens (tertiary/aromatic N) is 2. The van der Waals surface area contributed by atoms with Crippen molar-refractivity contribution in [3.63, 3.8) is 0 Å². The fraction of sp³-hybridized carbons (Fsp3) is 0.778. The van der Waals surface area contributed by atoms with Gasteiger partial charge in [-0.05, 0) is 12.8 Å². The smallest absolute Gasteiger partial charge is 0.167 e. The van der Waals surface area contributed by atoms with Crippen molar-refractivity contribution in [2.24, 2.45) is 5.73 Å². The van der Waals surface area contributed by atoms with Crippen molar-refractivity contribution in [3.8, 4) is 0 Å². The fourth-order valence-electron chi connectivity index (χ4n) is 1.26. The largest absolute Gasteiger partial charge is 0.321 e. The Bertz CT molecular complexity index is 244. The van der Waals surface area contributed by atoms with E-state index in [1.54, 1.807) is 0 Å². The van der Waals surface area contributed by atoms with Crippen molar-refractivity contribution >= 4 is 0 Å². The monoisotopic (exact) mass is 182 g/mol. The van der Waals surface area contributed by atoms with Gasteiger partial charge in [0.25, 0.3) is 0 Å². The first kappa shape index (κ1) is 10.2. The van der Waals surface area contributed by atoms with E-state index in [0.717, 1.165) is 37.3 Å². The summed E-state index contributed by atoms with van der Waals surface area (Å²) in [4.78, 5) is 4.33. The Morgan fingerprint density at radius 3 is 2.77 bits per heavy atom. The summed E-state index contributed by atoms with van der Waals surface area (Å²) in [5, 5.41) is 7.00. The zero-order valence-electron chi connectivity index (χ0n) is 8.38. The third-order valence-corrected chi connectivity index (χ3v) is 1.97. The van der Waals surface area contributed by atoms with Gasteiger partial charge >= 0.3 is 0 Å². The van der Waals surface area contributed by atoms with Gasteiger partial charge in [0.2, 0.25) is 0 Å². The predicted molar refractivity (Wildman–Crippen MR) is 52.2 cm³/mol. The molecule has 4 heteroatoms. The summed E-state index contributed by atoms with van der Waals surface area (Å²) in [7, 11) is 0. The maximum atomic E-state index is 5.87. The van der Waals surface area contributed by atoms with Gasteiger partial charge in [0, 0.05) is 6.42 Å². The summed E-state index contributed by atoms with van der Waals surface area (Å²) in [6, 6.07) is -0.00754. The number of H-pyrrole nitrogens is 1. The van der Waals surface area contributed by atoms with Crippen LogP contribution in [0, 0.1) is 0 Å². The summed E-state index contributed by atoms with van der Waals surface area (Å²) in [5.41, 5.74) is 5.87. The standard InChI is InChI=1S/C9H18N4/c1-3-5-7(10)9-11-8(6-4-2)12-13-9/h7H,3-6,10H2,1-2H3,(H,11,12,13)/t7-/m0/s1. The minimum absolute atomic E-state index is 0.00754. The lowest BCUT2D eigenvalue weighted by Crippen LogP contribution is -2.11. The lowest BCUT2D eigenvalue weighted by molar-refractivity contribution is 0.604. The molecule has 1 atom stereocenters. The lowest BCUT2D eigenvalue weighted by Gasteiger charge is -2.03. The van der Waals surface area contributed by atoms with Gasteiger partial charge in [-0.2, -0.15) is 5.10 Å². The summed E-state index contributed by atoms with van der Waals surface area (Å²) in [6.07, 6.45) is 4.05. The maximum absolute atomic E-state index is 5.87. The molecule has 0 aliphatic carbocycles. The van der Waals surface area contributed by atoms with Gasteiger partial charge in [0.05, 0.1) is 6.04 Å². The van der Waals surface area contributed by atoms with E-state index in [2.05, 4.69) is 29.0 Å². The maximum Gasteiger partial charge on any atom is 0.167 e. The number of nitrogens with two attached hydrogens (primary N) is 1. The molecular weight excluding hydrogens is 164 g/mol. The Balaban J connectivity index is 2.56. The van der Waals surface area contributed by atoms with E-state index in [-0.39, 0.29) is 6.04 Å². The van der Waals surface area contributed by atoms with Crippen LogP contribution < -0.4 is 5.73 Å². The number of aryl methyl sites for hydroxylation is 1. The zero-order valence-corrected chi connectivity index (χ0v) is 8.38. The van der Waals surface area contributed by atoms with Crippen LogP contribution in [-0.2, 0) is 6.42 Å². The van der Waals surface area contributed by atoms with Crippen molar-refractivity contribution < 1.29 is 0 Å². The molecule has 0 aliphatic rings. The third-order valence-electron chi connectivity index (χ3n) is 1.97. The minimum atomic E-state index is -0.00754. The second kappa shape index (κ2) is 4.97. The quantitative estimate of drug-likeness (QED) is 0.726. The summed E-state index contributed by atoms with van der Waals surface area (Å²) < 4.78 is 0. The Morgan fingerprint density at radius 1 is 1.38 bits per heavy atom. The van der Waals surface area contributed by atoms with Crippen LogP contribution in [0.25, 0.3) is 0 Å². The Hall–Kier alpha value is -0.900. The zero-order chi connectivity index (χ0) is 9.68. The van der Waals surface area contributed by atoms with E-state index in [0.29, 0.717) is 0 Å². The van der Waals surface area contributed by atoms with Crippen LogP contribution in [0.2, 0.25) is 0 Å². The summed E-state index contributed by atoms with van der Waals surface area (Å²) in [5.74, 6) is 1.70. The molecule has 1 rings (SSSR count). The normalized spacial score (nSPS) is 13.2. The second-order valence-electron chi connectivity index (χ2n) is 3.29. The first-order valence-corrected chi connectivity index (χ1v) is 4.94. The molecule has 1 aromatic heterocycles. The highest BCUT2D eigenvalue weighted by Gasteiger charge is 2.10. The van der Waals surface area contributed by atoms with Crippen LogP contribution in [0.1, 0.15) is 50.8 Å². The average molecular weight is 182 g/mol. The van der Waals surface area contributed by atoms with Crippen LogP contribution in [0.5, 0.6) is 0 Å². The van der Waals surface area contributed by atoms with Crippen LogP contribution >= 0.6 is 0 Å². The van der Waals surface area contributed by atoms with Gasteiger partial charge in [0.15, 0.2) is 5.82 Å². The van der Waals surface area contributed by atoms with E-state index in [9.17, 15) is 0 Å². The number of aromatic nitrogens is 3. The fourth-order valence-corrected chi connectivity index (χ4v) is 1.26. The predicted octanol–water partition coefficient (Wildman–Crippen LogP) is 1.56. The summed E-state index contributed by atoms with van der Waals surface area (Å²) >= 11 is 0.